The van der Waals surface area contributed by atoms with Crippen molar-refractivity contribution in [3.8, 4) is 11.5 Å². The van der Waals surface area contributed by atoms with Gasteiger partial charge in [-0.25, -0.2) is 0 Å². The SMILES string of the molecule is CCOc1ccc(NC(CC)CC)cc1OCC. The van der Waals surface area contributed by atoms with Crippen molar-refractivity contribution in [2.24, 2.45) is 0 Å². The van der Waals surface area contributed by atoms with Gasteiger partial charge in [-0.05, 0) is 38.8 Å². The van der Waals surface area contributed by atoms with Gasteiger partial charge in [-0.2, -0.15) is 0 Å². The summed E-state index contributed by atoms with van der Waals surface area (Å²) in [6, 6.07) is 6.55. The molecule has 0 saturated carbocycles. The van der Waals surface area contributed by atoms with Crippen LogP contribution < -0.4 is 14.8 Å². The molecule has 1 N–H and O–H groups in total. The third-order valence-corrected chi connectivity index (χ3v) is 2.90. The third kappa shape index (κ3) is 4.13. The van der Waals surface area contributed by atoms with Crippen molar-refractivity contribution < 1.29 is 9.47 Å². The summed E-state index contributed by atoms with van der Waals surface area (Å²) in [5.74, 6) is 1.63. The molecule has 3 heteroatoms. The fourth-order valence-corrected chi connectivity index (χ4v) is 1.87. The molecule has 0 aromatic heterocycles. The first-order valence-electron chi connectivity index (χ1n) is 6.91. The summed E-state index contributed by atoms with van der Waals surface area (Å²) in [6.45, 7) is 9.65. The molecule has 1 aromatic carbocycles. The van der Waals surface area contributed by atoms with Gasteiger partial charge in [0.25, 0.3) is 0 Å². The zero-order valence-corrected chi connectivity index (χ0v) is 12.0. The normalized spacial score (nSPS) is 10.5. The number of ether oxygens (including phenoxy) is 2. The van der Waals surface area contributed by atoms with E-state index in [-0.39, 0.29) is 0 Å². The highest BCUT2D eigenvalue weighted by Crippen LogP contribution is 2.31. The van der Waals surface area contributed by atoms with Crippen molar-refractivity contribution in [2.75, 3.05) is 18.5 Å². The Morgan fingerprint density at radius 1 is 0.944 bits per heavy atom. The van der Waals surface area contributed by atoms with Gasteiger partial charge < -0.3 is 14.8 Å². The van der Waals surface area contributed by atoms with Gasteiger partial charge >= 0.3 is 0 Å². The number of benzene rings is 1. The quantitative estimate of drug-likeness (QED) is 0.755. The lowest BCUT2D eigenvalue weighted by Crippen LogP contribution is -2.16. The Kier molecular flexibility index (Phi) is 6.40. The van der Waals surface area contributed by atoms with Crippen molar-refractivity contribution >= 4 is 5.69 Å². The summed E-state index contributed by atoms with van der Waals surface area (Å²) in [4.78, 5) is 0. The molecule has 0 unspecified atom stereocenters. The lowest BCUT2D eigenvalue weighted by Gasteiger charge is -2.18. The number of hydrogen-bond acceptors (Lipinski definition) is 3. The van der Waals surface area contributed by atoms with E-state index in [4.69, 9.17) is 9.47 Å². The van der Waals surface area contributed by atoms with E-state index in [1.807, 2.05) is 32.0 Å². The standard InChI is InChI=1S/C15H25NO2/c1-5-12(6-2)16-13-9-10-14(17-7-3)15(11-13)18-8-4/h9-12,16H,5-8H2,1-4H3. The molecule has 0 aliphatic carbocycles. The topological polar surface area (TPSA) is 30.5 Å². The highest BCUT2D eigenvalue weighted by molar-refractivity contribution is 5.55. The van der Waals surface area contributed by atoms with Crippen LogP contribution in [-0.4, -0.2) is 19.3 Å². The molecule has 0 atom stereocenters. The van der Waals surface area contributed by atoms with E-state index >= 15 is 0 Å². The maximum absolute atomic E-state index is 5.61. The molecule has 0 aliphatic heterocycles. The molecule has 1 aromatic rings. The van der Waals surface area contributed by atoms with Gasteiger partial charge in [-0.3, -0.25) is 0 Å². The summed E-state index contributed by atoms with van der Waals surface area (Å²) in [6.07, 6.45) is 2.24. The van der Waals surface area contributed by atoms with Crippen LogP contribution in [0.4, 0.5) is 5.69 Å². The number of hydrogen-bond donors (Lipinski definition) is 1. The predicted molar refractivity (Wildman–Crippen MR) is 76.8 cm³/mol. The van der Waals surface area contributed by atoms with E-state index < -0.39 is 0 Å². The van der Waals surface area contributed by atoms with Crippen molar-refractivity contribution in [2.45, 2.75) is 46.6 Å². The second kappa shape index (κ2) is 7.85. The molecule has 102 valence electrons. The Bertz CT molecular complexity index is 348. The van der Waals surface area contributed by atoms with Crippen LogP contribution in [0.1, 0.15) is 40.5 Å². The summed E-state index contributed by atoms with van der Waals surface area (Å²) in [7, 11) is 0. The van der Waals surface area contributed by atoms with Gasteiger partial charge in [-0.1, -0.05) is 13.8 Å². The molecule has 18 heavy (non-hydrogen) atoms. The van der Waals surface area contributed by atoms with Crippen LogP contribution in [-0.2, 0) is 0 Å². The Labute approximate surface area is 110 Å². The number of anilines is 1. The molecule has 0 aliphatic rings. The molecular weight excluding hydrogens is 226 g/mol. The molecule has 0 fully saturated rings. The number of nitrogens with one attached hydrogen (secondary N) is 1. The summed E-state index contributed by atoms with van der Waals surface area (Å²) in [5, 5.41) is 3.51. The van der Waals surface area contributed by atoms with E-state index in [1.165, 1.54) is 0 Å². The van der Waals surface area contributed by atoms with Crippen molar-refractivity contribution in [3.63, 3.8) is 0 Å². The monoisotopic (exact) mass is 251 g/mol. The fraction of sp³-hybridized carbons (Fsp3) is 0.600. The van der Waals surface area contributed by atoms with Gasteiger partial charge in [0.05, 0.1) is 13.2 Å². The first-order chi connectivity index (χ1) is 8.74. The second-order valence-electron chi connectivity index (χ2n) is 4.19. The highest BCUT2D eigenvalue weighted by atomic mass is 16.5. The largest absolute Gasteiger partial charge is 0.490 e. The Morgan fingerprint density at radius 3 is 2.11 bits per heavy atom. The van der Waals surface area contributed by atoms with Crippen LogP contribution in [0.5, 0.6) is 11.5 Å². The average Bonchev–Trinajstić information content (AvgIpc) is 2.39. The zero-order valence-electron chi connectivity index (χ0n) is 12.0. The number of rotatable bonds is 8. The molecule has 0 heterocycles. The molecule has 0 saturated heterocycles. The third-order valence-electron chi connectivity index (χ3n) is 2.90. The van der Waals surface area contributed by atoms with Gasteiger partial charge in [0, 0.05) is 17.8 Å². The zero-order chi connectivity index (χ0) is 13.4. The smallest absolute Gasteiger partial charge is 0.163 e. The molecule has 1 rings (SSSR count). The van der Waals surface area contributed by atoms with E-state index in [0.717, 1.165) is 30.0 Å². The van der Waals surface area contributed by atoms with E-state index in [0.29, 0.717) is 19.3 Å². The lowest BCUT2D eigenvalue weighted by atomic mass is 10.1. The molecule has 0 amide bonds. The molecular formula is C15H25NO2. The summed E-state index contributed by atoms with van der Waals surface area (Å²) in [5.41, 5.74) is 1.09. The maximum Gasteiger partial charge on any atom is 0.163 e. The van der Waals surface area contributed by atoms with E-state index in [9.17, 15) is 0 Å². The van der Waals surface area contributed by atoms with E-state index in [1.54, 1.807) is 0 Å². The lowest BCUT2D eigenvalue weighted by molar-refractivity contribution is 0.288. The highest BCUT2D eigenvalue weighted by Gasteiger charge is 2.08. The Hall–Kier alpha value is -1.38. The molecule has 0 spiro atoms. The van der Waals surface area contributed by atoms with Crippen LogP contribution >= 0.6 is 0 Å². The Balaban J connectivity index is 2.84. The van der Waals surface area contributed by atoms with E-state index in [2.05, 4.69) is 19.2 Å². The first-order valence-corrected chi connectivity index (χ1v) is 6.91. The van der Waals surface area contributed by atoms with Crippen LogP contribution in [0.25, 0.3) is 0 Å². The fourth-order valence-electron chi connectivity index (χ4n) is 1.87. The van der Waals surface area contributed by atoms with Gasteiger partial charge in [0.15, 0.2) is 11.5 Å². The minimum atomic E-state index is 0.512. The maximum atomic E-state index is 5.61. The van der Waals surface area contributed by atoms with Crippen LogP contribution in [0.15, 0.2) is 18.2 Å². The van der Waals surface area contributed by atoms with Gasteiger partial charge in [-0.15, -0.1) is 0 Å². The summed E-state index contributed by atoms with van der Waals surface area (Å²) >= 11 is 0. The van der Waals surface area contributed by atoms with Crippen LogP contribution in [0, 0.1) is 0 Å². The second-order valence-corrected chi connectivity index (χ2v) is 4.19. The predicted octanol–water partition coefficient (Wildman–Crippen LogP) is 4.08. The molecule has 0 radical (unpaired) electrons. The van der Waals surface area contributed by atoms with Crippen molar-refractivity contribution in [3.05, 3.63) is 18.2 Å². The van der Waals surface area contributed by atoms with Gasteiger partial charge in [0.2, 0.25) is 0 Å². The first kappa shape index (κ1) is 14.7. The minimum absolute atomic E-state index is 0.512. The molecule has 0 bridgehead atoms. The van der Waals surface area contributed by atoms with Crippen molar-refractivity contribution in [1.82, 2.24) is 0 Å². The van der Waals surface area contributed by atoms with Crippen molar-refractivity contribution in [1.29, 1.82) is 0 Å². The minimum Gasteiger partial charge on any atom is -0.490 e. The average molecular weight is 251 g/mol. The van der Waals surface area contributed by atoms with Crippen LogP contribution in [0.3, 0.4) is 0 Å². The Morgan fingerprint density at radius 2 is 1.56 bits per heavy atom. The van der Waals surface area contributed by atoms with Gasteiger partial charge in [0.1, 0.15) is 0 Å². The molecule has 3 nitrogen and oxygen atoms in total. The van der Waals surface area contributed by atoms with Crippen LogP contribution in [0.2, 0.25) is 0 Å². The summed E-state index contributed by atoms with van der Waals surface area (Å²) < 4.78 is 11.2.